The Morgan fingerprint density at radius 1 is 1.22 bits per heavy atom. The molecule has 0 spiro atoms. The number of hydrogen-bond acceptors (Lipinski definition) is 4. The molecule has 0 saturated heterocycles. The number of amides is 1. The Bertz CT molecular complexity index is 895. The van der Waals surface area contributed by atoms with E-state index in [1.54, 1.807) is 13.0 Å². The van der Waals surface area contributed by atoms with Gasteiger partial charge in [0, 0.05) is 28.1 Å². The van der Waals surface area contributed by atoms with Crippen LogP contribution in [0.15, 0.2) is 42.5 Å². The molecular formula is C17H15ClN4O. The van der Waals surface area contributed by atoms with E-state index in [-0.39, 0.29) is 11.9 Å². The number of carbonyl (C=O) groups excluding carboxylic acids is 1. The van der Waals surface area contributed by atoms with Gasteiger partial charge in [0.15, 0.2) is 0 Å². The lowest BCUT2D eigenvalue weighted by Crippen LogP contribution is -2.09. The Morgan fingerprint density at radius 3 is 2.83 bits per heavy atom. The lowest BCUT2D eigenvalue weighted by Gasteiger charge is -2.09. The molecule has 1 heterocycles. The number of nitrogens with one attached hydrogen (secondary N) is 1. The summed E-state index contributed by atoms with van der Waals surface area (Å²) < 4.78 is 0. The highest BCUT2D eigenvalue weighted by Gasteiger charge is 2.10. The molecule has 0 aliphatic rings. The molecule has 0 saturated carbocycles. The number of nitrogen functional groups attached to an aromatic ring is 1. The normalized spacial score (nSPS) is 10.7. The number of fused-ring (bicyclic) bond motifs is 1. The Balaban J connectivity index is 2.14. The van der Waals surface area contributed by atoms with Crippen molar-refractivity contribution in [3.8, 4) is 11.3 Å². The van der Waals surface area contributed by atoms with Crippen LogP contribution in [0.5, 0.6) is 0 Å². The molecule has 1 aromatic heterocycles. The van der Waals surface area contributed by atoms with Gasteiger partial charge in [-0.3, -0.25) is 4.79 Å². The zero-order chi connectivity index (χ0) is 16.4. The summed E-state index contributed by atoms with van der Waals surface area (Å²) in [6.07, 6.45) is 0.420. The van der Waals surface area contributed by atoms with Gasteiger partial charge in [-0.05, 0) is 30.3 Å². The van der Waals surface area contributed by atoms with Gasteiger partial charge < -0.3 is 11.1 Å². The van der Waals surface area contributed by atoms with Crippen molar-refractivity contribution in [1.82, 2.24) is 9.97 Å². The van der Waals surface area contributed by atoms with E-state index in [2.05, 4.69) is 15.3 Å². The fraction of sp³-hybridized carbons (Fsp3) is 0.118. The molecule has 2 aromatic carbocycles. The molecule has 0 radical (unpaired) electrons. The van der Waals surface area contributed by atoms with E-state index >= 15 is 0 Å². The number of rotatable bonds is 3. The summed E-state index contributed by atoms with van der Waals surface area (Å²) in [7, 11) is 0. The Labute approximate surface area is 138 Å². The topological polar surface area (TPSA) is 80.9 Å². The van der Waals surface area contributed by atoms with Crippen LogP contribution in [-0.4, -0.2) is 15.9 Å². The highest BCUT2D eigenvalue weighted by Crippen LogP contribution is 2.30. The predicted octanol–water partition coefficient (Wildman–Crippen LogP) is 3.88. The second-order valence-electron chi connectivity index (χ2n) is 5.07. The van der Waals surface area contributed by atoms with Gasteiger partial charge in [0.1, 0.15) is 0 Å². The highest BCUT2D eigenvalue weighted by atomic mass is 35.5. The van der Waals surface area contributed by atoms with Gasteiger partial charge in [0.2, 0.25) is 11.9 Å². The number of benzene rings is 2. The second kappa shape index (κ2) is 6.22. The van der Waals surface area contributed by atoms with E-state index in [1.165, 1.54) is 0 Å². The first kappa shape index (κ1) is 15.2. The number of nitrogens with zero attached hydrogens (tertiary/aromatic N) is 2. The van der Waals surface area contributed by atoms with Gasteiger partial charge >= 0.3 is 0 Å². The van der Waals surface area contributed by atoms with E-state index in [0.717, 1.165) is 16.5 Å². The largest absolute Gasteiger partial charge is 0.368 e. The fourth-order valence-electron chi connectivity index (χ4n) is 2.33. The minimum absolute atomic E-state index is 0.0442. The third-order valence-electron chi connectivity index (χ3n) is 3.42. The molecule has 6 heteroatoms. The zero-order valence-corrected chi connectivity index (χ0v) is 13.3. The molecule has 116 valence electrons. The van der Waals surface area contributed by atoms with Crippen LogP contribution in [0.4, 0.5) is 11.6 Å². The first-order valence-electron chi connectivity index (χ1n) is 7.20. The lowest BCUT2D eigenvalue weighted by atomic mass is 10.1. The van der Waals surface area contributed by atoms with E-state index in [4.69, 9.17) is 17.3 Å². The van der Waals surface area contributed by atoms with Crippen molar-refractivity contribution >= 4 is 40.0 Å². The summed E-state index contributed by atoms with van der Waals surface area (Å²) in [6.45, 7) is 1.81. The molecule has 0 aliphatic carbocycles. The molecule has 0 aliphatic heterocycles. The quantitative estimate of drug-likeness (QED) is 0.765. The number of nitrogens with two attached hydrogens (primary N) is 1. The molecule has 3 N–H and O–H groups in total. The maximum Gasteiger partial charge on any atom is 0.224 e. The second-order valence-corrected chi connectivity index (χ2v) is 5.51. The van der Waals surface area contributed by atoms with Crippen LogP contribution in [0, 0.1) is 0 Å². The zero-order valence-electron chi connectivity index (χ0n) is 12.5. The summed E-state index contributed by atoms with van der Waals surface area (Å²) in [5, 5.41) is 4.25. The minimum Gasteiger partial charge on any atom is -0.368 e. The Morgan fingerprint density at radius 2 is 2.04 bits per heavy atom. The van der Waals surface area contributed by atoms with E-state index in [9.17, 15) is 4.79 Å². The summed E-state index contributed by atoms with van der Waals surface area (Å²) in [5.74, 6) is 0.148. The molecule has 1 amide bonds. The molecular weight excluding hydrogens is 312 g/mol. The third kappa shape index (κ3) is 3.24. The van der Waals surface area contributed by atoms with Gasteiger partial charge in [0.05, 0.1) is 11.2 Å². The van der Waals surface area contributed by atoms with Crippen LogP contribution in [0.3, 0.4) is 0 Å². The van der Waals surface area contributed by atoms with Crippen molar-refractivity contribution in [2.75, 3.05) is 11.1 Å². The standard InChI is InChI=1S/C17H15ClN4O/c1-2-15(23)20-12-5-3-4-10(8-12)16-13-9-11(18)6-7-14(13)21-17(19)22-16/h3-9H,2H2,1H3,(H,20,23)(H2,19,21,22). The van der Waals surface area contributed by atoms with Crippen LogP contribution in [0.1, 0.15) is 13.3 Å². The average Bonchev–Trinajstić information content (AvgIpc) is 2.54. The van der Waals surface area contributed by atoms with Crippen molar-refractivity contribution in [1.29, 1.82) is 0 Å². The minimum atomic E-state index is -0.0442. The number of halogens is 1. The summed E-state index contributed by atoms with van der Waals surface area (Å²) in [4.78, 5) is 20.1. The fourth-order valence-corrected chi connectivity index (χ4v) is 2.50. The molecule has 0 unspecified atom stereocenters. The van der Waals surface area contributed by atoms with Crippen molar-refractivity contribution in [3.63, 3.8) is 0 Å². The molecule has 5 nitrogen and oxygen atoms in total. The van der Waals surface area contributed by atoms with E-state index in [0.29, 0.717) is 22.8 Å². The summed E-state index contributed by atoms with van der Waals surface area (Å²) in [6, 6.07) is 12.8. The number of hydrogen-bond donors (Lipinski definition) is 2. The van der Waals surface area contributed by atoms with Gasteiger partial charge in [-0.25, -0.2) is 9.97 Å². The van der Waals surface area contributed by atoms with Crippen LogP contribution >= 0.6 is 11.6 Å². The van der Waals surface area contributed by atoms with E-state index in [1.807, 2.05) is 36.4 Å². The first-order valence-corrected chi connectivity index (χ1v) is 7.57. The Hall–Kier alpha value is -2.66. The Kier molecular flexibility index (Phi) is 4.12. The van der Waals surface area contributed by atoms with Crippen LogP contribution in [0.2, 0.25) is 5.02 Å². The van der Waals surface area contributed by atoms with Gasteiger partial charge in [-0.15, -0.1) is 0 Å². The van der Waals surface area contributed by atoms with Crippen LogP contribution in [-0.2, 0) is 4.79 Å². The monoisotopic (exact) mass is 326 g/mol. The number of aromatic nitrogens is 2. The third-order valence-corrected chi connectivity index (χ3v) is 3.65. The van der Waals surface area contributed by atoms with Crippen molar-refractivity contribution < 1.29 is 4.79 Å². The summed E-state index contributed by atoms with van der Waals surface area (Å²) in [5.41, 5.74) is 8.76. The van der Waals surface area contributed by atoms with Gasteiger partial charge in [-0.2, -0.15) is 0 Å². The highest BCUT2D eigenvalue weighted by molar-refractivity contribution is 6.31. The molecule has 3 rings (SSSR count). The molecule has 23 heavy (non-hydrogen) atoms. The maximum atomic E-state index is 11.6. The van der Waals surface area contributed by atoms with Gasteiger partial charge in [-0.1, -0.05) is 30.7 Å². The average molecular weight is 327 g/mol. The molecule has 3 aromatic rings. The SMILES string of the molecule is CCC(=O)Nc1cccc(-c2nc(N)nc3ccc(Cl)cc23)c1. The first-order chi connectivity index (χ1) is 11.1. The smallest absolute Gasteiger partial charge is 0.224 e. The van der Waals surface area contributed by atoms with Gasteiger partial charge in [0.25, 0.3) is 0 Å². The molecule has 0 bridgehead atoms. The molecule has 0 atom stereocenters. The van der Waals surface area contributed by atoms with Crippen LogP contribution in [0.25, 0.3) is 22.2 Å². The van der Waals surface area contributed by atoms with Crippen molar-refractivity contribution in [2.24, 2.45) is 0 Å². The van der Waals surface area contributed by atoms with Crippen molar-refractivity contribution in [3.05, 3.63) is 47.5 Å². The predicted molar refractivity (Wildman–Crippen MR) is 93.3 cm³/mol. The van der Waals surface area contributed by atoms with Crippen LogP contribution < -0.4 is 11.1 Å². The van der Waals surface area contributed by atoms with E-state index < -0.39 is 0 Å². The lowest BCUT2D eigenvalue weighted by molar-refractivity contribution is -0.115. The summed E-state index contributed by atoms with van der Waals surface area (Å²) >= 11 is 6.09. The maximum absolute atomic E-state index is 11.6. The number of carbonyl (C=O) groups is 1. The molecule has 0 fully saturated rings. The van der Waals surface area contributed by atoms with Crippen molar-refractivity contribution in [2.45, 2.75) is 13.3 Å². The number of anilines is 2.